The van der Waals surface area contributed by atoms with E-state index in [4.69, 9.17) is 14.6 Å². The zero-order valence-corrected chi connectivity index (χ0v) is 16.1. The minimum atomic E-state index is -1.58. The normalized spacial score (nSPS) is 23.0. The molecule has 1 aliphatic heterocycles. The van der Waals surface area contributed by atoms with Crippen LogP contribution in [0.5, 0.6) is 0 Å². The summed E-state index contributed by atoms with van der Waals surface area (Å²) in [7, 11) is 0. The van der Waals surface area contributed by atoms with Gasteiger partial charge in [-0.15, -0.1) is 0 Å². The first kappa shape index (κ1) is 22.0. The summed E-state index contributed by atoms with van der Waals surface area (Å²) < 4.78 is 23.6. The quantitative estimate of drug-likeness (QED) is 0.623. The van der Waals surface area contributed by atoms with Crippen molar-refractivity contribution in [2.45, 2.75) is 51.4 Å². The number of hydrogen-bond acceptors (Lipinski definition) is 5. The SMILES string of the molecule is CC(=O)C(CCCCC1COC(C)(C(=O)O)OC1)NC(=O)c1ccc(F)cc1. The number of carboxylic acids is 1. The van der Waals surface area contributed by atoms with Crippen molar-refractivity contribution < 1.29 is 33.4 Å². The smallest absolute Gasteiger partial charge is 0.364 e. The Morgan fingerprint density at radius 1 is 1.21 bits per heavy atom. The molecule has 0 radical (unpaired) electrons. The monoisotopic (exact) mass is 395 g/mol. The van der Waals surface area contributed by atoms with Crippen LogP contribution in [0.25, 0.3) is 0 Å². The molecule has 0 spiro atoms. The van der Waals surface area contributed by atoms with Crippen LogP contribution in [0.3, 0.4) is 0 Å². The van der Waals surface area contributed by atoms with E-state index in [0.29, 0.717) is 31.6 Å². The lowest BCUT2D eigenvalue weighted by Gasteiger charge is -2.34. The first-order valence-corrected chi connectivity index (χ1v) is 9.29. The molecular formula is C20H26FNO6. The van der Waals surface area contributed by atoms with Gasteiger partial charge in [0, 0.05) is 18.4 Å². The van der Waals surface area contributed by atoms with Crippen LogP contribution in [-0.4, -0.2) is 47.8 Å². The third-order valence-electron chi connectivity index (χ3n) is 4.84. The molecule has 1 fully saturated rings. The molecule has 0 aromatic heterocycles. The van der Waals surface area contributed by atoms with E-state index in [2.05, 4.69) is 5.32 Å². The Morgan fingerprint density at radius 2 is 1.82 bits per heavy atom. The summed E-state index contributed by atoms with van der Waals surface area (Å²) in [5.41, 5.74) is 0.297. The third-order valence-corrected chi connectivity index (χ3v) is 4.84. The van der Waals surface area contributed by atoms with E-state index < -0.39 is 29.5 Å². The predicted octanol–water partition coefficient (Wildman–Crippen LogP) is 2.54. The molecule has 8 heteroatoms. The molecule has 0 aliphatic carbocycles. The van der Waals surface area contributed by atoms with Gasteiger partial charge >= 0.3 is 5.97 Å². The second-order valence-corrected chi connectivity index (χ2v) is 7.17. The van der Waals surface area contributed by atoms with Crippen LogP contribution in [0, 0.1) is 11.7 Å². The molecule has 0 saturated carbocycles. The van der Waals surface area contributed by atoms with Crippen LogP contribution >= 0.6 is 0 Å². The van der Waals surface area contributed by atoms with E-state index >= 15 is 0 Å². The van der Waals surface area contributed by atoms with E-state index in [1.165, 1.54) is 38.1 Å². The van der Waals surface area contributed by atoms with Crippen LogP contribution in [-0.2, 0) is 19.1 Å². The first-order chi connectivity index (χ1) is 13.2. The van der Waals surface area contributed by atoms with Gasteiger partial charge in [-0.1, -0.05) is 12.8 Å². The molecule has 1 aromatic carbocycles. The fourth-order valence-corrected chi connectivity index (χ4v) is 2.94. The van der Waals surface area contributed by atoms with Crippen LogP contribution in [0.2, 0.25) is 0 Å². The van der Waals surface area contributed by atoms with Crippen molar-refractivity contribution >= 4 is 17.7 Å². The van der Waals surface area contributed by atoms with Gasteiger partial charge < -0.3 is 19.9 Å². The summed E-state index contributed by atoms with van der Waals surface area (Å²) in [6.07, 6.45) is 2.76. The Balaban J connectivity index is 1.73. The lowest BCUT2D eigenvalue weighted by molar-refractivity contribution is -0.271. The van der Waals surface area contributed by atoms with Crippen molar-refractivity contribution in [3.05, 3.63) is 35.6 Å². The third kappa shape index (κ3) is 6.10. The fourth-order valence-electron chi connectivity index (χ4n) is 2.94. The number of halogens is 1. The standard InChI is InChI=1S/C20H26FNO6/c1-13(23)17(22-18(24)15-7-9-16(21)10-8-15)6-4-3-5-14-11-27-20(2,19(25)26)28-12-14/h7-10,14,17H,3-6,11-12H2,1-2H3,(H,22,24)(H,25,26). The highest BCUT2D eigenvalue weighted by Crippen LogP contribution is 2.24. The number of ether oxygens (including phenoxy) is 2. The fraction of sp³-hybridized carbons (Fsp3) is 0.550. The van der Waals surface area contributed by atoms with E-state index in [0.717, 1.165) is 12.8 Å². The van der Waals surface area contributed by atoms with Crippen LogP contribution in [0.15, 0.2) is 24.3 Å². The summed E-state index contributed by atoms with van der Waals surface area (Å²) in [6.45, 7) is 3.42. The van der Waals surface area contributed by atoms with Crippen molar-refractivity contribution in [3.8, 4) is 0 Å². The number of unbranched alkanes of at least 4 members (excludes halogenated alkanes) is 1. The van der Waals surface area contributed by atoms with Crippen molar-refractivity contribution in [1.29, 1.82) is 0 Å². The molecule has 1 aromatic rings. The van der Waals surface area contributed by atoms with Crippen molar-refractivity contribution in [2.24, 2.45) is 5.92 Å². The van der Waals surface area contributed by atoms with Gasteiger partial charge in [-0.2, -0.15) is 0 Å². The lowest BCUT2D eigenvalue weighted by atomic mass is 9.98. The highest BCUT2D eigenvalue weighted by molar-refractivity contribution is 5.97. The molecule has 7 nitrogen and oxygen atoms in total. The second-order valence-electron chi connectivity index (χ2n) is 7.17. The molecule has 0 bridgehead atoms. The number of carbonyl (C=O) groups is 3. The summed E-state index contributed by atoms with van der Waals surface area (Å²) >= 11 is 0. The molecule has 1 unspecified atom stereocenters. The number of rotatable bonds is 9. The summed E-state index contributed by atoms with van der Waals surface area (Å²) in [5, 5.41) is 11.7. The number of benzene rings is 1. The molecule has 28 heavy (non-hydrogen) atoms. The summed E-state index contributed by atoms with van der Waals surface area (Å²) in [4.78, 5) is 35.1. The van der Waals surface area contributed by atoms with Crippen molar-refractivity contribution in [1.82, 2.24) is 5.32 Å². The lowest BCUT2D eigenvalue weighted by Crippen LogP contribution is -2.47. The van der Waals surface area contributed by atoms with Crippen LogP contribution in [0.1, 0.15) is 49.9 Å². The van der Waals surface area contributed by atoms with Crippen LogP contribution < -0.4 is 5.32 Å². The van der Waals surface area contributed by atoms with Gasteiger partial charge in [0.25, 0.3) is 11.7 Å². The number of hydrogen-bond donors (Lipinski definition) is 2. The molecule has 154 valence electrons. The number of carbonyl (C=O) groups excluding carboxylic acids is 2. The number of ketones is 1. The molecule has 1 saturated heterocycles. The minimum Gasteiger partial charge on any atom is -0.477 e. The number of nitrogens with one attached hydrogen (secondary N) is 1. The van der Waals surface area contributed by atoms with Gasteiger partial charge in [0.15, 0.2) is 5.78 Å². The predicted molar refractivity (Wildman–Crippen MR) is 98.2 cm³/mol. The van der Waals surface area contributed by atoms with Crippen molar-refractivity contribution in [3.63, 3.8) is 0 Å². The zero-order valence-electron chi connectivity index (χ0n) is 16.1. The Bertz CT molecular complexity index is 697. The van der Waals surface area contributed by atoms with E-state index in [9.17, 15) is 18.8 Å². The summed E-state index contributed by atoms with van der Waals surface area (Å²) in [6, 6.07) is 4.53. The Labute approximate surface area is 163 Å². The highest BCUT2D eigenvalue weighted by atomic mass is 19.1. The van der Waals surface area contributed by atoms with Gasteiger partial charge in [-0.05, 0) is 44.0 Å². The Morgan fingerprint density at radius 3 is 2.36 bits per heavy atom. The van der Waals surface area contributed by atoms with E-state index in [1.807, 2.05) is 0 Å². The zero-order chi connectivity index (χ0) is 20.7. The Hall–Kier alpha value is -2.32. The van der Waals surface area contributed by atoms with E-state index in [1.54, 1.807) is 0 Å². The first-order valence-electron chi connectivity index (χ1n) is 9.29. The number of Topliss-reactive ketones (excluding diaryl/α,β-unsaturated/α-hetero) is 1. The maximum Gasteiger partial charge on any atom is 0.364 e. The van der Waals surface area contributed by atoms with Gasteiger partial charge in [-0.25, -0.2) is 9.18 Å². The van der Waals surface area contributed by atoms with Gasteiger partial charge in [-0.3, -0.25) is 9.59 Å². The van der Waals surface area contributed by atoms with Crippen LogP contribution in [0.4, 0.5) is 4.39 Å². The summed E-state index contributed by atoms with van der Waals surface area (Å²) in [5.74, 6) is -3.62. The highest BCUT2D eigenvalue weighted by Gasteiger charge is 2.40. The van der Waals surface area contributed by atoms with E-state index in [-0.39, 0.29) is 11.7 Å². The molecule has 2 N–H and O–H groups in total. The average molecular weight is 395 g/mol. The van der Waals surface area contributed by atoms with Gasteiger partial charge in [0.1, 0.15) is 5.82 Å². The van der Waals surface area contributed by atoms with Gasteiger partial charge in [0.05, 0.1) is 19.3 Å². The Kier molecular flexibility index (Phi) is 7.65. The number of amides is 1. The van der Waals surface area contributed by atoms with Crippen molar-refractivity contribution in [2.75, 3.05) is 13.2 Å². The number of aliphatic carboxylic acids is 1. The maximum atomic E-state index is 12.9. The molecule has 1 aliphatic rings. The molecule has 1 amide bonds. The number of carboxylic acid groups (broad SMARTS) is 1. The molecule has 2 rings (SSSR count). The second kappa shape index (κ2) is 9.75. The molecule has 1 atom stereocenters. The average Bonchev–Trinajstić information content (AvgIpc) is 2.65. The molecule has 1 heterocycles. The largest absolute Gasteiger partial charge is 0.477 e. The maximum absolute atomic E-state index is 12.9. The minimum absolute atomic E-state index is 0.0945. The van der Waals surface area contributed by atoms with Gasteiger partial charge in [0.2, 0.25) is 0 Å². The topological polar surface area (TPSA) is 102 Å². The molecular weight excluding hydrogens is 369 g/mol.